The zero-order chi connectivity index (χ0) is 13.8. The topological polar surface area (TPSA) is 84.8 Å². The fourth-order valence-corrected chi connectivity index (χ4v) is 1.54. The minimum absolute atomic E-state index is 0.177. The second-order valence-electron chi connectivity index (χ2n) is 4.23. The van der Waals surface area contributed by atoms with Crippen molar-refractivity contribution in [1.82, 2.24) is 9.97 Å². The van der Waals surface area contributed by atoms with E-state index in [1.54, 1.807) is 0 Å². The maximum Gasteiger partial charge on any atom is 0.168 e. The summed E-state index contributed by atoms with van der Waals surface area (Å²) in [6.07, 6.45) is 1.40. The van der Waals surface area contributed by atoms with Crippen LogP contribution in [-0.4, -0.2) is 9.97 Å². The minimum atomic E-state index is 0.177. The van der Waals surface area contributed by atoms with Gasteiger partial charge in [0.25, 0.3) is 0 Å². The molecular formula is C14H14N4O. The number of aryl methyl sites for hydroxylation is 2. The van der Waals surface area contributed by atoms with Crippen LogP contribution in [0.15, 0.2) is 24.4 Å². The van der Waals surface area contributed by atoms with E-state index >= 15 is 0 Å². The Morgan fingerprint density at radius 1 is 1.32 bits per heavy atom. The fraction of sp³-hybridized carbons (Fsp3) is 0.214. The number of nitrogen functional groups attached to an aromatic ring is 1. The van der Waals surface area contributed by atoms with Gasteiger partial charge in [-0.2, -0.15) is 5.26 Å². The molecule has 5 nitrogen and oxygen atoms in total. The summed E-state index contributed by atoms with van der Waals surface area (Å²) in [6, 6.07) is 7.78. The third kappa shape index (κ3) is 2.99. The van der Waals surface area contributed by atoms with Gasteiger partial charge in [0.2, 0.25) is 0 Å². The smallest absolute Gasteiger partial charge is 0.168 e. The number of benzene rings is 1. The lowest BCUT2D eigenvalue weighted by Crippen LogP contribution is -2.05. The first kappa shape index (κ1) is 12.8. The molecule has 19 heavy (non-hydrogen) atoms. The fourth-order valence-electron chi connectivity index (χ4n) is 1.54. The largest absolute Gasteiger partial charge is 0.486 e. The zero-order valence-electron chi connectivity index (χ0n) is 10.8. The lowest BCUT2D eigenvalue weighted by Gasteiger charge is -2.08. The Kier molecular flexibility index (Phi) is 3.62. The van der Waals surface area contributed by atoms with Gasteiger partial charge in [-0.25, -0.2) is 9.97 Å². The van der Waals surface area contributed by atoms with E-state index in [0.717, 1.165) is 11.3 Å². The lowest BCUT2D eigenvalue weighted by molar-refractivity contribution is 0.295. The highest BCUT2D eigenvalue weighted by Gasteiger charge is 2.04. The second-order valence-corrected chi connectivity index (χ2v) is 4.23. The number of nitrogens with zero attached hydrogens (tertiary/aromatic N) is 3. The molecule has 1 aromatic carbocycles. The molecule has 0 bridgehead atoms. The summed E-state index contributed by atoms with van der Waals surface area (Å²) in [4.78, 5) is 8.04. The Hall–Kier alpha value is -2.61. The Morgan fingerprint density at radius 2 is 2.11 bits per heavy atom. The maximum absolute atomic E-state index is 8.73. The van der Waals surface area contributed by atoms with E-state index in [-0.39, 0.29) is 18.0 Å². The average molecular weight is 254 g/mol. The molecule has 0 unspecified atom stereocenters. The molecule has 2 N–H and O–H groups in total. The summed E-state index contributed by atoms with van der Waals surface area (Å²) in [5.41, 5.74) is 8.27. The van der Waals surface area contributed by atoms with Crippen LogP contribution in [0.2, 0.25) is 0 Å². The maximum atomic E-state index is 8.73. The Labute approximate surface area is 111 Å². The number of hydrogen-bond acceptors (Lipinski definition) is 5. The summed E-state index contributed by atoms with van der Waals surface area (Å²) in [7, 11) is 0. The van der Waals surface area contributed by atoms with Gasteiger partial charge in [0.1, 0.15) is 29.8 Å². The van der Waals surface area contributed by atoms with Crippen LogP contribution in [0.4, 0.5) is 5.82 Å². The number of ether oxygens (including phenoxy) is 1. The van der Waals surface area contributed by atoms with E-state index in [4.69, 9.17) is 15.7 Å². The van der Waals surface area contributed by atoms with Crippen molar-refractivity contribution in [2.75, 3.05) is 5.73 Å². The summed E-state index contributed by atoms with van der Waals surface area (Å²) < 4.78 is 5.59. The van der Waals surface area contributed by atoms with E-state index in [1.165, 1.54) is 11.8 Å². The molecule has 0 amide bonds. The molecule has 2 aromatic rings. The second kappa shape index (κ2) is 5.36. The molecule has 0 radical (unpaired) electrons. The van der Waals surface area contributed by atoms with Crippen molar-refractivity contribution >= 4 is 5.82 Å². The standard InChI is InChI=1S/C14H14N4O/c1-9-3-4-12(5-10(9)2)19-8-13-17-7-11(6-15)14(16)18-13/h3-5,7H,8H2,1-2H3,(H2,16,17,18). The van der Waals surface area contributed by atoms with E-state index in [1.807, 2.05) is 38.1 Å². The third-order valence-corrected chi connectivity index (χ3v) is 2.83. The third-order valence-electron chi connectivity index (χ3n) is 2.83. The first-order chi connectivity index (χ1) is 9.10. The summed E-state index contributed by atoms with van der Waals surface area (Å²) in [6.45, 7) is 4.29. The molecule has 2 rings (SSSR count). The summed E-state index contributed by atoms with van der Waals surface area (Å²) >= 11 is 0. The molecular weight excluding hydrogens is 240 g/mol. The van der Waals surface area contributed by atoms with Crippen molar-refractivity contribution in [3.8, 4) is 11.8 Å². The van der Waals surface area contributed by atoms with E-state index in [2.05, 4.69) is 9.97 Å². The molecule has 0 saturated carbocycles. The highest BCUT2D eigenvalue weighted by molar-refractivity contribution is 5.46. The predicted molar refractivity (Wildman–Crippen MR) is 71.4 cm³/mol. The lowest BCUT2D eigenvalue weighted by atomic mass is 10.1. The van der Waals surface area contributed by atoms with Crippen LogP contribution in [0, 0.1) is 25.2 Å². The van der Waals surface area contributed by atoms with Crippen molar-refractivity contribution in [1.29, 1.82) is 5.26 Å². The van der Waals surface area contributed by atoms with Gasteiger partial charge in [-0.3, -0.25) is 0 Å². The number of anilines is 1. The Bertz CT molecular complexity index is 646. The molecule has 1 heterocycles. The molecule has 0 atom stereocenters. The van der Waals surface area contributed by atoms with Gasteiger partial charge in [-0.15, -0.1) is 0 Å². The number of rotatable bonds is 3. The number of nitrogens with two attached hydrogens (primary N) is 1. The summed E-state index contributed by atoms with van der Waals surface area (Å²) in [5, 5.41) is 8.73. The van der Waals surface area contributed by atoms with Crippen molar-refractivity contribution in [2.45, 2.75) is 20.5 Å². The quantitative estimate of drug-likeness (QED) is 0.906. The van der Waals surface area contributed by atoms with Gasteiger partial charge in [0.05, 0.1) is 6.20 Å². The van der Waals surface area contributed by atoms with Crippen LogP contribution in [0.3, 0.4) is 0 Å². The van der Waals surface area contributed by atoms with Crippen molar-refractivity contribution in [3.05, 3.63) is 46.9 Å². The van der Waals surface area contributed by atoms with Gasteiger partial charge in [-0.1, -0.05) is 6.07 Å². The molecule has 0 spiro atoms. The van der Waals surface area contributed by atoms with Crippen LogP contribution >= 0.6 is 0 Å². The number of hydrogen-bond donors (Lipinski definition) is 1. The molecule has 0 aliphatic rings. The SMILES string of the molecule is Cc1ccc(OCc2ncc(C#N)c(N)n2)cc1C. The van der Waals surface area contributed by atoms with Crippen molar-refractivity contribution in [2.24, 2.45) is 0 Å². The molecule has 96 valence electrons. The number of aromatic nitrogens is 2. The van der Waals surface area contributed by atoms with Gasteiger partial charge < -0.3 is 10.5 Å². The Morgan fingerprint density at radius 3 is 2.74 bits per heavy atom. The van der Waals surface area contributed by atoms with Crippen LogP contribution in [-0.2, 0) is 6.61 Å². The van der Waals surface area contributed by atoms with Crippen LogP contribution in [0.25, 0.3) is 0 Å². The van der Waals surface area contributed by atoms with E-state index in [0.29, 0.717) is 5.82 Å². The average Bonchev–Trinajstić information content (AvgIpc) is 2.40. The van der Waals surface area contributed by atoms with Gasteiger partial charge in [0, 0.05) is 0 Å². The highest BCUT2D eigenvalue weighted by atomic mass is 16.5. The number of nitriles is 1. The van der Waals surface area contributed by atoms with E-state index < -0.39 is 0 Å². The Balaban J connectivity index is 2.08. The van der Waals surface area contributed by atoms with E-state index in [9.17, 15) is 0 Å². The minimum Gasteiger partial charge on any atom is -0.486 e. The first-order valence-electron chi connectivity index (χ1n) is 5.81. The van der Waals surface area contributed by atoms with Gasteiger partial charge in [-0.05, 0) is 37.1 Å². The van der Waals surface area contributed by atoms with Gasteiger partial charge >= 0.3 is 0 Å². The predicted octanol–water partition coefficient (Wildman–Crippen LogP) is 2.13. The van der Waals surface area contributed by atoms with Crippen LogP contribution in [0.1, 0.15) is 22.5 Å². The highest BCUT2D eigenvalue weighted by Crippen LogP contribution is 2.17. The molecule has 0 saturated heterocycles. The molecule has 1 aromatic heterocycles. The van der Waals surface area contributed by atoms with Gasteiger partial charge in [0.15, 0.2) is 5.82 Å². The first-order valence-corrected chi connectivity index (χ1v) is 5.81. The zero-order valence-corrected chi connectivity index (χ0v) is 10.8. The summed E-state index contributed by atoms with van der Waals surface area (Å²) in [5.74, 6) is 1.39. The monoisotopic (exact) mass is 254 g/mol. The molecule has 5 heteroatoms. The molecule has 0 aliphatic heterocycles. The molecule has 0 aliphatic carbocycles. The molecule has 0 fully saturated rings. The van der Waals surface area contributed by atoms with Crippen LogP contribution < -0.4 is 10.5 Å². The van der Waals surface area contributed by atoms with Crippen LogP contribution in [0.5, 0.6) is 5.75 Å². The van der Waals surface area contributed by atoms with Crippen molar-refractivity contribution in [3.63, 3.8) is 0 Å². The normalized spacial score (nSPS) is 9.95. The van der Waals surface area contributed by atoms with Crippen molar-refractivity contribution < 1.29 is 4.74 Å².